The summed E-state index contributed by atoms with van der Waals surface area (Å²) in [5.41, 5.74) is 6.59. The van der Waals surface area contributed by atoms with E-state index in [1.54, 1.807) is 6.92 Å². The Labute approximate surface area is 94.6 Å². The zero-order valence-electron chi connectivity index (χ0n) is 9.66. The molecule has 6 nitrogen and oxygen atoms in total. The zero-order valence-corrected chi connectivity index (χ0v) is 9.66. The lowest BCUT2D eigenvalue weighted by molar-refractivity contribution is 0.374. The summed E-state index contributed by atoms with van der Waals surface area (Å²) in [6.45, 7) is 8.57. The van der Waals surface area contributed by atoms with Crippen LogP contribution < -0.4 is 11.1 Å². The highest BCUT2D eigenvalue weighted by atomic mass is 16.5. The summed E-state index contributed by atoms with van der Waals surface area (Å²) >= 11 is 0. The molecular weight excluding hydrogens is 206 g/mol. The Hall–Kier alpha value is -1.85. The number of guanidine groups is 1. The first kappa shape index (κ1) is 12.2. The van der Waals surface area contributed by atoms with Crippen molar-refractivity contribution in [1.82, 2.24) is 15.5 Å². The summed E-state index contributed by atoms with van der Waals surface area (Å²) in [7, 11) is 0. The normalized spacial score (nSPS) is 11.5. The standard InChI is InChI=1S/C10H17N5O/c1-7(2)6-13-10(11)12-5-4-9-14-8(3)15-16-9/h1,4-6H2,2-3H3,(H3,11,12,13). The maximum absolute atomic E-state index is 5.62. The SMILES string of the molecule is C=C(C)CN=C(N)NCCc1nc(C)no1. The van der Waals surface area contributed by atoms with Gasteiger partial charge in [0.1, 0.15) is 0 Å². The van der Waals surface area contributed by atoms with Gasteiger partial charge < -0.3 is 15.6 Å². The van der Waals surface area contributed by atoms with E-state index in [2.05, 4.69) is 27.0 Å². The predicted octanol–water partition coefficient (Wildman–Crippen LogP) is 0.401. The first-order valence-electron chi connectivity index (χ1n) is 5.05. The lowest BCUT2D eigenvalue weighted by Crippen LogP contribution is -2.33. The van der Waals surface area contributed by atoms with Crippen molar-refractivity contribution < 1.29 is 4.52 Å². The van der Waals surface area contributed by atoms with Gasteiger partial charge in [0.15, 0.2) is 11.8 Å². The van der Waals surface area contributed by atoms with Crippen molar-refractivity contribution in [3.8, 4) is 0 Å². The molecule has 0 unspecified atom stereocenters. The molecule has 0 radical (unpaired) electrons. The molecule has 0 aliphatic heterocycles. The van der Waals surface area contributed by atoms with Crippen LogP contribution in [-0.4, -0.2) is 29.2 Å². The van der Waals surface area contributed by atoms with Crippen LogP contribution in [0.5, 0.6) is 0 Å². The van der Waals surface area contributed by atoms with Crippen LogP contribution in [0.15, 0.2) is 21.7 Å². The number of aryl methyl sites for hydroxylation is 1. The molecule has 0 saturated heterocycles. The first-order valence-corrected chi connectivity index (χ1v) is 5.05. The first-order chi connectivity index (χ1) is 7.58. The fourth-order valence-corrected chi connectivity index (χ4v) is 1.02. The molecule has 0 bridgehead atoms. The zero-order chi connectivity index (χ0) is 12.0. The quantitative estimate of drug-likeness (QED) is 0.428. The predicted molar refractivity (Wildman–Crippen MR) is 62.0 cm³/mol. The summed E-state index contributed by atoms with van der Waals surface area (Å²) < 4.78 is 4.95. The Kier molecular flexibility index (Phi) is 4.50. The molecule has 0 amide bonds. The maximum Gasteiger partial charge on any atom is 0.228 e. The second kappa shape index (κ2) is 5.89. The Morgan fingerprint density at radius 2 is 2.38 bits per heavy atom. The van der Waals surface area contributed by atoms with Crippen LogP contribution in [0.3, 0.4) is 0 Å². The van der Waals surface area contributed by atoms with Crippen molar-refractivity contribution >= 4 is 5.96 Å². The lowest BCUT2D eigenvalue weighted by atomic mass is 10.4. The van der Waals surface area contributed by atoms with Crippen molar-refractivity contribution in [1.29, 1.82) is 0 Å². The second-order valence-corrected chi connectivity index (χ2v) is 3.57. The molecule has 0 aromatic carbocycles. The van der Waals surface area contributed by atoms with Crippen LogP contribution in [0.2, 0.25) is 0 Å². The minimum absolute atomic E-state index is 0.402. The molecule has 0 aliphatic carbocycles. The van der Waals surface area contributed by atoms with Crippen molar-refractivity contribution in [3.63, 3.8) is 0 Å². The molecule has 0 spiro atoms. The summed E-state index contributed by atoms with van der Waals surface area (Å²) in [6.07, 6.45) is 0.629. The van der Waals surface area contributed by atoms with Crippen molar-refractivity contribution in [2.24, 2.45) is 10.7 Å². The Balaban J connectivity index is 2.25. The van der Waals surface area contributed by atoms with Gasteiger partial charge in [-0.15, -0.1) is 0 Å². The van der Waals surface area contributed by atoms with Gasteiger partial charge in [0.25, 0.3) is 0 Å². The number of nitrogens with two attached hydrogens (primary N) is 1. The van der Waals surface area contributed by atoms with Gasteiger partial charge in [0.05, 0.1) is 6.54 Å². The van der Waals surface area contributed by atoms with Gasteiger partial charge in [0, 0.05) is 13.0 Å². The maximum atomic E-state index is 5.62. The van der Waals surface area contributed by atoms with Crippen molar-refractivity contribution in [2.75, 3.05) is 13.1 Å². The molecule has 6 heteroatoms. The van der Waals surface area contributed by atoms with E-state index in [0.717, 1.165) is 5.57 Å². The summed E-state index contributed by atoms with van der Waals surface area (Å²) in [4.78, 5) is 8.15. The Morgan fingerprint density at radius 1 is 1.62 bits per heavy atom. The second-order valence-electron chi connectivity index (χ2n) is 3.57. The number of rotatable bonds is 5. The molecule has 1 aromatic heterocycles. The summed E-state index contributed by atoms with van der Waals surface area (Å²) in [5.74, 6) is 1.64. The number of nitrogens with zero attached hydrogens (tertiary/aromatic N) is 3. The van der Waals surface area contributed by atoms with Gasteiger partial charge in [-0.25, -0.2) is 4.99 Å². The van der Waals surface area contributed by atoms with E-state index in [9.17, 15) is 0 Å². The van der Waals surface area contributed by atoms with Gasteiger partial charge in [0.2, 0.25) is 5.89 Å². The average molecular weight is 223 g/mol. The van der Waals surface area contributed by atoms with Crippen LogP contribution in [0.4, 0.5) is 0 Å². The summed E-state index contributed by atoms with van der Waals surface area (Å²) in [6, 6.07) is 0. The Morgan fingerprint density at radius 3 is 2.94 bits per heavy atom. The molecule has 3 N–H and O–H groups in total. The van der Waals surface area contributed by atoms with Gasteiger partial charge >= 0.3 is 0 Å². The van der Waals surface area contributed by atoms with E-state index in [0.29, 0.717) is 37.2 Å². The van der Waals surface area contributed by atoms with Crippen LogP contribution in [0, 0.1) is 6.92 Å². The molecule has 0 saturated carbocycles. The summed E-state index contributed by atoms with van der Waals surface area (Å²) in [5, 5.41) is 6.64. The molecule has 0 aliphatic rings. The van der Waals surface area contributed by atoms with E-state index in [1.807, 2.05) is 6.92 Å². The topological polar surface area (TPSA) is 89.3 Å². The van der Waals surface area contributed by atoms with E-state index in [1.165, 1.54) is 0 Å². The molecule has 88 valence electrons. The van der Waals surface area contributed by atoms with Crippen LogP contribution in [-0.2, 0) is 6.42 Å². The highest BCUT2D eigenvalue weighted by molar-refractivity contribution is 5.77. The number of aliphatic imine (C=N–C) groups is 1. The average Bonchev–Trinajstić information content (AvgIpc) is 2.61. The van der Waals surface area contributed by atoms with Gasteiger partial charge in [-0.1, -0.05) is 17.3 Å². The third kappa shape index (κ3) is 4.59. The van der Waals surface area contributed by atoms with E-state index >= 15 is 0 Å². The van der Waals surface area contributed by atoms with E-state index < -0.39 is 0 Å². The molecular formula is C10H17N5O. The number of hydrogen-bond donors (Lipinski definition) is 2. The fourth-order valence-electron chi connectivity index (χ4n) is 1.02. The molecule has 1 aromatic rings. The van der Waals surface area contributed by atoms with Crippen molar-refractivity contribution in [3.05, 3.63) is 23.9 Å². The smallest absolute Gasteiger partial charge is 0.228 e. The highest BCUT2D eigenvalue weighted by Gasteiger charge is 2.01. The monoisotopic (exact) mass is 223 g/mol. The van der Waals surface area contributed by atoms with Crippen molar-refractivity contribution in [2.45, 2.75) is 20.3 Å². The van der Waals surface area contributed by atoms with Crippen LogP contribution in [0.25, 0.3) is 0 Å². The van der Waals surface area contributed by atoms with Crippen LogP contribution in [0.1, 0.15) is 18.6 Å². The van der Waals surface area contributed by atoms with E-state index in [-0.39, 0.29) is 0 Å². The largest absolute Gasteiger partial charge is 0.370 e. The molecule has 1 heterocycles. The Bertz CT molecular complexity index is 382. The molecule has 16 heavy (non-hydrogen) atoms. The third-order valence-corrected chi connectivity index (χ3v) is 1.73. The third-order valence-electron chi connectivity index (χ3n) is 1.73. The number of nitrogens with one attached hydrogen (secondary N) is 1. The molecule has 0 fully saturated rings. The minimum atomic E-state index is 0.402. The van der Waals surface area contributed by atoms with Gasteiger partial charge in [-0.2, -0.15) is 4.98 Å². The number of aromatic nitrogens is 2. The highest BCUT2D eigenvalue weighted by Crippen LogP contribution is 1.95. The number of hydrogen-bond acceptors (Lipinski definition) is 4. The lowest BCUT2D eigenvalue weighted by Gasteiger charge is -2.03. The molecule has 0 atom stereocenters. The fraction of sp³-hybridized carbons (Fsp3) is 0.500. The van der Waals surface area contributed by atoms with Crippen LogP contribution >= 0.6 is 0 Å². The van der Waals surface area contributed by atoms with Gasteiger partial charge in [-0.05, 0) is 13.8 Å². The molecule has 1 rings (SSSR count). The minimum Gasteiger partial charge on any atom is -0.370 e. The van der Waals surface area contributed by atoms with E-state index in [4.69, 9.17) is 10.3 Å². The van der Waals surface area contributed by atoms with Gasteiger partial charge in [-0.3, -0.25) is 0 Å².